The van der Waals surface area contributed by atoms with Gasteiger partial charge in [-0.05, 0) is 28.2 Å². The molecule has 1 aromatic heterocycles. The first-order chi connectivity index (χ1) is 7.47. The van der Waals surface area contributed by atoms with Crippen LogP contribution < -0.4 is 0 Å². The highest BCUT2D eigenvalue weighted by atomic mass is 127. The fraction of sp³-hybridized carbons (Fsp3) is 0.333. The summed E-state index contributed by atoms with van der Waals surface area (Å²) in [4.78, 5) is 14.4. The van der Waals surface area contributed by atoms with E-state index in [1.54, 1.807) is 22.6 Å². The molecule has 0 fully saturated rings. The normalized spacial score (nSPS) is 10.8. The molecule has 16 heavy (non-hydrogen) atoms. The number of carboxylic acid groups (broad SMARTS) is 1. The fourth-order valence-corrected chi connectivity index (χ4v) is 2.46. The van der Waals surface area contributed by atoms with Gasteiger partial charge in [-0.1, -0.05) is 0 Å². The Balaban J connectivity index is 3.30. The monoisotopic (exact) mass is 361 g/mol. The first-order valence-corrected chi connectivity index (χ1v) is 5.80. The van der Waals surface area contributed by atoms with Crippen molar-refractivity contribution >= 4 is 40.2 Å². The van der Waals surface area contributed by atoms with E-state index >= 15 is 0 Å². The van der Waals surface area contributed by atoms with Gasteiger partial charge in [0, 0.05) is 15.3 Å². The number of alkyl halides is 3. The summed E-state index contributed by atoms with van der Waals surface area (Å²) in [5, 5.41) is 8.66. The molecule has 0 atom stereocenters. The lowest BCUT2D eigenvalue weighted by atomic mass is 10.1. The minimum atomic E-state index is -2.74. The highest BCUT2D eigenvalue weighted by molar-refractivity contribution is 14.1. The van der Waals surface area contributed by atoms with Gasteiger partial charge >= 0.3 is 5.97 Å². The molecular formula is C9H7ClF2INO2. The Morgan fingerprint density at radius 3 is 2.69 bits per heavy atom. The molecule has 7 heteroatoms. The summed E-state index contributed by atoms with van der Waals surface area (Å²) >= 11 is 7.36. The third-order valence-electron chi connectivity index (χ3n) is 1.92. The number of hydrogen-bond donors (Lipinski definition) is 1. The van der Waals surface area contributed by atoms with Gasteiger partial charge in [-0.3, -0.25) is 9.78 Å². The van der Waals surface area contributed by atoms with E-state index in [4.69, 9.17) is 16.7 Å². The van der Waals surface area contributed by atoms with E-state index in [9.17, 15) is 13.6 Å². The van der Waals surface area contributed by atoms with Crippen molar-refractivity contribution in [2.45, 2.75) is 18.7 Å². The summed E-state index contributed by atoms with van der Waals surface area (Å²) in [6, 6.07) is 0. The molecule has 0 saturated carbocycles. The number of aromatic nitrogens is 1. The van der Waals surface area contributed by atoms with Crippen molar-refractivity contribution in [3.8, 4) is 0 Å². The van der Waals surface area contributed by atoms with Crippen LogP contribution in [-0.4, -0.2) is 16.1 Å². The van der Waals surface area contributed by atoms with Crippen LogP contribution in [0.25, 0.3) is 0 Å². The fourth-order valence-electron chi connectivity index (χ4n) is 1.20. The van der Waals surface area contributed by atoms with Crippen LogP contribution in [0.1, 0.15) is 23.2 Å². The van der Waals surface area contributed by atoms with Crippen LogP contribution in [0.15, 0.2) is 6.20 Å². The van der Waals surface area contributed by atoms with E-state index in [0.717, 1.165) is 6.20 Å². The number of rotatable bonds is 4. The number of pyridine rings is 1. The van der Waals surface area contributed by atoms with Crippen molar-refractivity contribution in [2.24, 2.45) is 0 Å². The molecule has 0 amide bonds. The molecule has 0 aliphatic rings. The number of aliphatic carboxylic acids is 1. The lowest BCUT2D eigenvalue weighted by molar-refractivity contribution is -0.136. The Kier molecular flexibility index (Phi) is 4.85. The minimum absolute atomic E-state index is 0.0639. The van der Waals surface area contributed by atoms with Crippen LogP contribution >= 0.6 is 34.2 Å². The summed E-state index contributed by atoms with van der Waals surface area (Å²) in [5.74, 6) is -1.10. The van der Waals surface area contributed by atoms with Crippen molar-refractivity contribution in [3.05, 3.63) is 26.6 Å². The minimum Gasteiger partial charge on any atom is -0.481 e. The van der Waals surface area contributed by atoms with Crippen molar-refractivity contribution in [3.63, 3.8) is 0 Å². The molecule has 1 N–H and O–H groups in total. The maximum absolute atomic E-state index is 12.6. The quantitative estimate of drug-likeness (QED) is 0.662. The van der Waals surface area contributed by atoms with Crippen LogP contribution in [-0.2, 0) is 17.1 Å². The molecule has 0 aliphatic heterocycles. The van der Waals surface area contributed by atoms with Gasteiger partial charge in [-0.2, -0.15) is 0 Å². The summed E-state index contributed by atoms with van der Waals surface area (Å²) < 4.78 is 25.6. The maximum atomic E-state index is 12.6. The molecule has 0 spiro atoms. The summed E-state index contributed by atoms with van der Waals surface area (Å²) in [7, 11) is 0. The van der Waals surface area contributed by atoms with Crippen LogP contribution in [0.4, 0.5) is 8.78 Å². The van der Waals surface area contributed by atoms with Crippen LogP contribution in [0.3, 0.4) is 0 Å². The second-order valence-electron chi connectivity index (χ2n) is 2.96. The van der Waals surface area contributed by atoms with E-state index in [-0.39, 0.29) is 17.0 Å². The SMILES string of the molecule is O=C(O)Cc1c(C(F)F)cnc(CCl)c1I. The van der Waals surface area contributed by atoms with Crippen LogP contribution in [0, 0.1) is 3.57 Å². The molecule has 0 aromatic carbocycles. The van der Waals surface area contributed by atoms with Crippen LogP contribution in [0.5, 0.6) is 0 Å². The lowest BCUT2D eigenvalue weighted by Crippen LogP contribution is -2.09. The highest BCUT2D eigenvalue weighted by Gasteiger charge is 2.20. The average Bonchev–Trinajstić information content (AvgIpc) is 2.19. The van der Waals surface area contributed by atoms with Gasteiger partial charge in [0.1, 0.15) is 0 Å². The number of hydrogen-bond acceptors (Lipinski definition) is 2. The maximum Gasteiger partial charge on any atom is 0.307 e. The van der Waals surface area contributed by atoms with Gasteiger partial charge in [-0.25, -0.2) is 8.78 Å². The molecule has 0 aliphatic carbocycles. The Hall–Kier alpha value is -0.500. The first kappa shape index (κ1) is 13.6. The van der Waals surface area contributed by atoms with Gasteiger partial charge in [0.25, 0.3) is 6.43 Å². The Labute approximate surface area is 109 Å². The van der Waals surface area contributed by atoms with Gasteiger partial charge < -0.3 is 5.11 Å². The summed E-state index contributed by atoms with van der Waals surface area (Å²) in [5.41, 5.74) is 0.164. The average molecular weight is 362 g/mol. The third-order valence-corrected chi connectivity index (χ3v) is 3.44. The highest BCUT2D eigenvalue weighted by Crippen LogP contribution is 2.28. The molecule has 1 aromatic rings. The Morgan fingerprint density at radius 2 is 2.25 bits per heavy atom. The molecule has 0 unspecified atom stereocenters. The molecule has 0 radical (unpaired) electrons. The number of carboxylic acids is 1. The zero-order chi connectivity index (χ0) is 12.3. The van der Waals surface area contributed by atoms with E-state index in [1.807, 2.05) is 0 Å². The van der Waals surface area contributed by atoms with Crippen molar-refractivity contribution in [1.29, 1.82) is 0 Å². The Bertz CT molecular complexity index is 415. The van der Waals surface area contributed by atoms with Crippen LogP contribution in [0.2, 0.25) is 0 Å². The van der Waals surface area contributed by atoms with Gasteiger partial charge in [-0.15, -0.1) is 11.6 Å². The molecule has 3 nitrogen and oxygen atoms in total. The standard InChI is InChI=1S/C9H7ClF2INO2/c10-2-6-8(13)4(1-7(15)16)5(3-14-6)9(11)12/h3,9H,1-2H2,(H,15,16). The second kappa shape index (κ2) is 5.72. The Morgan fingerprint density at radius 1 is 1.62 bits per heavy atom. The lowest BCUT2D eigenvalue weighted by Gasteiger charge is -2.11. The summed E-state index contributed by atoms with van der Waals surface area (Å²) in [6.45, 7) is 0. The number of carbonyl (C=O) groups is 1. The predicted molar refractivity (Wildman–Crippen MR) is 62.8 cm³/mol. The molecule has 0 bridgehead atoms. The summed E-state index contributed by atoms with van der Waals surface area (Å²) in [6.07, 6.45) is -2.20. The van der Waals surface area contributed by atoms with Crippen molar-refractivity contribution < 1.29 is 18.7 Å². The second-order valence-corrected chi connectivity index (χ2v) is 4.30. The molecule has 1 heterocycles. The topological polar surface area (TPSA) is 50.2 Å². The van der Waals surface area contributed by atoms with Crippen molar-refractivity contribution in [1.82, 2.24) is 4.98 Å². The molecular weight excluding hydrogens is 354 g/mol. The van der Waals surface area contributed by atoms with E-state index < -0.39 is 18.8 Å². The number of halogens is 4. The van der Waals surface area contributed by atoms with Crippen molar-refractivity contribution in [2.75, 3.05) is 0 Å². The molecule has 1 rings (SSSR count). The van der Waals surface area contributed by atoms with E-state index in [0.29, 0.717) is 9.26 Å². The van der Waals surface area contributed by atoms with E-state index in [1.165, 1.54) is 0 Å². The van der Waals surface area contributed by atoms with Gasteiger partial charge in [0.15, 0.2) is 0 Å². The van der Waals surface area contributed by atoms with Gasteiger partial charge in [0.05, 0.1) is 18.0 Å². The molecule has 88 valence electrons. The predicted octanol–water partition coefficient (Wildman–Crippen LogP) is 2.99. The number of nitrogens with zero attached hydrogens (tertiary/aromatic N) is 1. The van der Waals surface area contributed by atoms with Gasteiger partial charge in [0.2, 0.25) is 0 Å². The van der Waals surface area contributed by atoms with E-state index in [2.05, 4.69) is 4.98 Å². The zero-order valence-electron chi connectivity index (χ0n) is 7.88. The smallest absolute Gasteiger partial charge is 0.307 e. The first-order valence-electron chi connectivity index (χ1n) is 4.19. The third kappa shape index (κ3) is 3.00. The molecule has 0 saturated heterocycles. The largest absolute Gasteiger partial charge is 0.481 e. The zero-order valence-corrected chi connectivity index (χ0v) is 10.8.